The van der Waals surface area contributed by atoms with E-state index in [1.165, 1.54) is 57.8 Å². The molecular weight excluding hydrogens is 182 g/mol. The first-order valence-corrected chi connectivity index (χ1v) is 6.13. The van der Waals surface area contributed by atoms with Gasteiger partial charge >= 0.3 is 0 Å². The molecule has 0 aromatic rings. The Kier molecular flexibility index (Phi) is 12.5. The van der Waals surface area contributed by atoms with Gasteiger partial charge in [0.1, 0.15) is 0 Å². The molecule has 80 valence electrons. The summed E-state index contributed by atoms with van der Waals surface area (Å²) in [4.78, 5) is 2.66. The van der Waals surface area contributed by atoms with Crippen molar-refractivity contribution < 1.29 is 0 Å². The van der Waals surface area contributed by atoms with Crippen LogP contribution >= 0.6 is 11.8 Å². The molecule has 0 unspecified atom stereocenters. The molecule has 0 aliphatic carbocycles. The highest BCUT2D eigenvalue weighted by molar-refractivity contribution is 6.13. The maximum absolute atomic E-state index is 5.35. The Balaban J connectivity index is 2.76. The summed E-state index contributed by atoms with van der Waals surface area (Å²) in [6.07, 6.45) is 12.4. The summed E-state index contributed by atoms with van der Waals surface area (Å²) in [5.74, 6) is 0. The average Bonchev–Trinajstić information content (AvgIpc) is 2.16. The highest BCUT2D eigenvalue weighted by Gasteiger charge is 1.91. The van der Waals surface area contributed by atoms with Crippen molar-refractivity contribution in [3.63, 3.8) is 0 Å². The van der Waals surface area contributed by atoms with Crippen molar-refractivity contribution in [3.05, 3.63) is 0 Å². The van der Waals surface area contributed by atoms with Crippen LogP contribution in [0.2, 0.25) is 0 Å². The lowest BCUT2D eigenvalue weighted by molar-refractivity contribution is 0.564. The minimum absolute atomic E-state index is 0.956. The van der Waals surface area contributed by atoms with E-state index in [0.717, 1.165) is 6.54 Å². The summed E-state index contributed by atoms with van der Waals surface area (Å²) in [6, 6.07) is 0. The average molecular weight is 206 g/mol. The van der Waals surface area contributed by atoms with E-state index >= 15 is 0 Å². The predicted octanol–water partition coefficient (Wildman–Crippen LogP) is 4.26. The van der Waals surface area contributed by atoms with Gasteiger partial charge in [0, 0.05) is 6.54 Å². The topological polar surface area (TPSA) is 12.0 Å². The minimum Gasteiger partial charge on any atom is -0.234 e. The van der Waals surface area contributed by atoms with Crippen molar-refractivity contribution in [2.45, 2.75) is 64.7 Å². The lowest BCUT2D eigenvalue weighted by Crippen LogP contribution is -1.99. The molecule has 0 fully saturated rings. The molecule has 1 N–H and O–H groups in total. The van der Waals surface area contributed by atoms with Gasteiger partial charge in [0.2, 0.25) is 0 Å². The zero-order valence-electron chi connectivity index (χ0n) is 8.95. The van der Waals surface area contributed by atoms with E-state index in [1.807, 2.05) is 0 Å². The van der Waals surface area contributed by atoms with E-state index in [2.05, 4.69) is 11.8 Å². The van der Waals surface area contributed by atoms with Crippen LogP contribution in [-0.2, 0) is 0 Å². The zero-order chi connectivity index (χ0) is 9.78. The summed E-state index contributed by atoms with van der Waals surface area (Å²) in [6.45, 7) is 3.22. The SMILES string of the molecule is CCCCCCCCCCCNCl. The van der Waals surface area contributed by atoms with Crippen molar-refractivity contribution in [1.82, 2.24) is 4.84 Å². The fourth-order valence-corrected chi connectivity index (χ4v) is 1.64. The molecule has 0 bridgehead atoms. The summed E-state index contributed by atoms with van der Waals surface area (Å²) in [5.41, 5.74) is 0. The molecule has 0 aromatic carbocycles. The summed E-state index contributed by atoms with van der Waals surface area (Å²) in [5, 5.41) is 0. The van der Waals surface area contributed by atoms with Crippen LogP contribution in [-0.4, -0.2) is 6.54 Å². The molecule has 0 saturated carbocycles. The van der Waals surface area contributed by atoms with Crippen molar-refractivity contribution >= 4 is 11.8 Å². The van der Waals surface area contributed by atoms with E-state index in [1.54, 1.807) is 0 Å². The molecule has 13 heavy (non-hydrogen) atoms. The zero-order valence-corrected chi connectivity index (χ0v) is 9.70. The number of unbranched alkanes of at least 4 members (excludes halogenated alkanes) is 8. The van der Waals surface area contributed by atoms with Crippen LogP contribution in [0, 0.1) is 0 Å². The predicted molar refractivity (Wildman–Crippen MR) is 61.1 cm³/mol. The van der Waals surface area contributed by atoms with Gasteiger partial charge in [-0.1, -0.05) is 58.3 Å². The van der Waals surface area contributed by atoms with Crippen LogP contribution in [0.15, 0.2) is 0 Å². The van der Waals surface area contributed by atoms with Crippen molar-refractivity contribution in [2.24, 2.45) is 0 Å². The van der Waals surface area contributed by atoms with E-state index in [0.29, 0.717) is 0 Å². The second-order valence-corrected chi connectivity index (χ2v) is 3.98. The van der Waals surface area contributed by atoms with Gasteiger partial charge in [0.25, 0.3) is 0 Å². The first kappa shape index (κ1) is 13.2. The highest BCUT2D eigenvalue weighted by atomic mass is 35.5. The summed E-state index contributed by atoms with van der Waals surface area (Å²) >= 11 is 5.35. The highest BCUT2D eigenvalue weighted by Crippen LogP contribution is 2.09. The Morgan fingerprint density at radius 2 is 1.23 bits per heavy atom. The van der Waals surface area contributed by atoms with Gasteiger partial charge in [-0.05, 0) is 18.2 Å². The van der Waals surface area contributed by atoms with Crippen LogP contribution in [0.25, 0.3) is 0 Å². The largest absolute Gasteiger partial charge is 0.234 e. The fourth-order valence-electron chi connectivity index (χ4n) is 1.50. The Morgan fingerprint density at radius 3 is 1.69 bits per heavy atom. The van der Waals surface area contributed by atoms with Crippen molar-refractivity contribution in [2.75, 3.05) is 6.54 Å². The standard InChI is InChI=1S/C11H24ClN/c1-2-3-4-5-6-7-8-9-10-11-13-12/h13H,2-11H2,1H3. The Bertz CT molecular complexity index is 76.2. The Hall–Kier alpha value is 0.250. The molecule has 0 amide bonds. The fraction of sp³-hybridized carbons (Fsp3) is 1.00. The third-order valence-corrected chi connectivity index (χ3v) is 2.56. The smallest absolute Gasteiger partial charge is 0.0108 e. The maximum Gasteiger partial charge on any atom is 0.0108 e. The van der Waals surface area contributed by atoms with E-state index in [-0.39, 0.29) is 0 Å². The molecule has 0 spiro atoms. The lowest BCUT2D eigenvalue weighted by atomic mass is 10.1. The Labute approximate surface area is 88.4 Å². The van der Waals surface area contributed by atoms with E-state index in [4.69, 9.17) is 11.8 Å². The number of hydrogen-bond donors (Lipinski definition) is 1. The van der Waals surface area contributed by atoms with E-state index in [9.17, 15) is 0 Å². The monoisotopic (exact) mass is 205 g/mol. The van der Waals surface area contributed by atoms with Crippen LogP contribution < -0.4 is 4.84 Å². The van der Waals surface area contributed by atoms with Crippen LogP contribution in [0.3, 0.4) is 0 Å². The molecule has 0 saturated heterocycles. The van der Waals surface area contributed by atoms with Crippen LogP contribution in [0.4, 0.5) is 0 Å². The van der Waals surface area contributed by atoms with Gasteiger partial charge in [0.05, 0.1) is 0 Å². The third-order valence-electron chi connectivity index (χ3n) is 2.37. The summed E-state index contributed by atoms with van der Waals surface area (Å²) in [7, 11) is 0. The normalized spacial score (nSPS) is 10.6. The second kappa shape index (κ2) is 12.2. The first-order valence-electron chi connectivity index (χ1n) is 5.75. The molecule has 0 atom stereocenters. The van der Waals surface area contributed by atoms with Gasteiger partial charge in [-0.2, -0.15) is 0 Å². The van der Waals surface area contributed by atoms with Crippen LogP contribution in [0.1, 0.15) is 64.7 Å². The van der Waals surface area contributed by atoms with Gasteiger partial charge < -0.3 is 0 Å². The number of hydrogen-bond acceptors (Lipinski definition) is 1. The van der Waals surface area contributed by atoms with E-state index < -0.39 is 0 Å². The van der Waals surface area contributed by atoms with Gasteiger partial charge in [-0.25, -0.2) is 4.84 Å². The lowest BCUT2D eigenvalue weighted by Gasteiger charge is -2.00. The molecule has 0 radical (unpaired) electrons. The number of rotatable bonds is 10. The number of nitrogens with one attached hydrogen (secondary N) is 1. The third kappa shape index (κ3) is 12.2. The molecule has 1 nitrogen and oxygen atoms in total. The molecule has 0 heterocycles. The van der Waals surface area contributed by atoms with Gasteiger partial charge in [-0.15, -0.1) is 0 Å². The van der Waals surface area contributed by atoms with Gasteiger partial charge in [0.15, 0.2) is 0 Å². The molecule has 0 aliphatic heterocycles. The molecule has 0 aromatic heterocycles. The molecular formula is C11H24ClN. The minimum atomic E-state index is 0.956. The van der Waals surface area contributed by atoms with Gasteiger partial charge in [-0.3, -0.25) is 0 Å². The molecule has 2 heteroatoms. The molecule has 0 aliphatic rings. The van der Waals surface area contributed by atoms with Crippen LogP contribution in [0.5, 0.6) is 0 Å². The quantitative estimate of drug-likeness (QED) is 0.415. The second-order valence-electron chi connectivity index (χ2n) is 3.71. The van der Waals surface area contributed by atoms with Crippen molar-refractivity contribution in [1.29, 1.82) is 0 Å². The van der Waals surface area contributed by atoms with Crippen molar-refractivity contribution in [3.8, 4) is 0 Å². The summed E-state index contributed by atoms with van der Waals surface area (Å²) < 4.78 is 0. The number of halogens is 1. The maximum atomic E-state index is 5.35. The molecule has 0 rings (SSSR count). The first-order chi connectivity index (χ1) is 6.41. The Morgan fingerprint density at radius 1 is 0.769 bits per heavy atom.